The van der Waals surface area contributed by atoms with Gasteiger partial charge in [0.1, 0.15) is 13.1 Å². The second kappa shape index (κ2) is 6.20. The van der Waals surface area contributed by atoms with Crippen LogP contribution in [0.25, 0.3) is 0 Å². The zero-order valence-corrected chi connectivity index (χ0v) is 15.8. The molecule has 1 N–H and O–H groups in total. The summed E-state index contributed by atoms with van der Waals surface area (Å²) in [7, 11) is 0. The first-order valence-electron chi connectivity index (χ1n) is 5.15. The molecule has 19 heavy (non-hydrogen) atoms. The van der Waals surface area contributed by atoms with E-state index in [0.29, 0.717) is 5.56 Å². The fourth-order valence-corrected chi connectivity index (χ4v) is 4.05. The van der Waals surface area contributed by atoms with Gasteiger partial charge in [-0.1, -0.05) is 0 Å². The Labute approximate surface area is 150 Å². The summed E-state index contributed by atoms with van der Waals surface area (Å²) in [4.78, 5) is 36.3. The van der Waals surface area contributed by atoms with Gasteiger partial charge in [-0.05, 0) is 79.9 Å². The maximum atomic E-state index is 12.4. The van der Waals surface area contributed by atoms with E-state index in [9.17, 15) is 14.4 Å². The summed E-state index contributed by atoms with van der Waals surface area (Å²) >= 11 is 6.39. The van der Waals surface area contributed by atoms with Gasteiger partial charge in [0.05, 0.1) is 5.56 Å². The molecule has 0 radical (unpaired) electrons. The largest absolute Gasteiger partial charge is 0.320 e. The number of carbonyl (C=O) groups excluding carboxylic acids is 3. The van der Waals surface area contributed by atoms with Gasteiger partial charge < -0.3 is 4.90 Å². The third-order valence-electron chi connectivity index (χ3n) is 2.46. The van der Waals surface area contributed by atoms with Gasteiger partial charge in [0.25, 0.3) is 5.91 Å². The number of piperazine rings is 1. The molecule has 8 heteroatoms. The second-order valence-corrected chi connectivity index (χ2v) is 7.37. The van der Waals surface area contributed by atoms with Crippen LogP contribution in [0.4, 0.5) is 0 Å². The number of hydrogen-bond acceptors (Lipinski definition) is 3. The summed E-state index contributed by atoms with van der Waals surface area (Å²) in [5, 5.41) is 2.18. The first-order valence-corrected chi connectivity index (χ1v) is 8.38. The Bertz CT molecular complexity index is 573. The average Bonchev–Trinajstić information content (AvgIpc) is 2.31. The lowest BCUT2D eigenvalue weighted by Gasteiger charge is -2.26. The molecule has 2 rings (SSSR count). The maximum absolute atomic E-state index is 12.4. The number of hydrogen-bond donors (Lipinski definition) is 1. The number of nitrogens with zero attached hydrogens (tertiary/aromatic N) is 1. The predicted octanol–water partition coefficient (Wildman–Crippen LogP) is 1.60. The quantitative estimate of drug-likeness (QED) is 0.305. The molecule has 1 aromatic carbocycles. The minimum absolute atomic E-state index is 0.0806. The van der Waals surface area contributed by atoms with Crippen LogP contribution in [0.5, 0.6) is 0 Å². The lowest BCUT2D eigenvalue weighted by Crippen LogP contribution is -2.53. The van der Waals surface area contributed by atoms with Crippen LogP contribution in [0.15, 0.2) is 12.1 Å². The van der Waals surface area contributed by atoms with Crippen molar-refractivity contribution in [3.8, 4) is 0 Å². The van der Waals surface area contributed by atoms with Gasteiger partial charge in [-0.3, -0.25) is 19.7 Å². The molecule has 1 fully saturated rings. The van der Waals surface area contributed by atoms with Crippen LogP contribution in [0.2, 0.25) is 0 Å². The molecule has 0 bridgehead atoms. The van der Waals surface area contributed by atoms with E-state index in [1.807, 2.05) is 6.07 Å². The van der Waals surface area contributed by atoms with E-state index in [4.69, 9.17) is 0 Å². The van der Waals surface area contributed by atoms with Crippen molar-refractivity contribution in [3.05, 3.63) is 28.4 Å². The fourth-order valence-electron chi connectivity index (χ4n) is 1.66. The normalized spacial score (nSPS) is 15.4. The SMILES string of the molecule is O=C1CN(C(=O)c2cc(I)cc(I)c2I)CC(=O)N1. The Morgan fingerprint density at radius 2 is 1.68 bits per heavy atom. The smallest absolute Gasteiger partial charge is 0.255 e. The number of halogens is 3. The molecular weight excluding hydrogens is 589 g/mol. The highest BCUT2D eigenvalue weighted by Gasteiger charge is 2.28. The Kier molecular flexibility index (Phi) is 5.03. The van der Waals surface area contributed by atoms with Crippen molar-refractivity contribution in [1.82, 2.24) is 10.2 Å². The molecule has 100 valence electrons. The third kappa shape index (κ3) is 3.56. The highest BCUT2D eigenvalue weighted by atomic mass is 127. The van der Waals surface area contributed by atoms with E-state index in [1.165, 1.54) is 4.90 Å². The minimum Gasteiger partial charge on any atom is -0.320 e. The van der Waals surface area contributed by atoms with Gasteiger partial charge in [0.2, 0.25) is 11.8 Å². The lowest BCUT2D eigenvalue weighted by molar-refractivity contribution is -0.135. The highest BCUT2D eigenvalue weighted by molar-refractivity contribution is 14.1. The van der Waals surface area contributed by atoms with Crippen molar-refractivity contribution in [2.24, 2.45) is 0 Å². The van der Waals surface area contributed by atoms with Crippen molar-refractivity contribution in [3.63, 3.8) is 0 Å². The van der Waals surface area contributed by atoms with Gasteiger partial charge in [-0.15, -0.1) is 0 Å². The van der Waals surface area contributed by atoms with Crippen LogP contribution in [0, 0.1) is 10.7 Å². The average molecular weight is 596 g/mol. The third-order valence-corrected chi connectivity index (χ3v) is 6.13. The summed E-state index contributed by atoms with van der Waals surface area (Å²) in [6.07, 6.45) is 0. The number of rotatable bonds is 1. The maximum Gasteiger partial charge on any atom is 0.255 e. The molecule has 0 atom stereocenters. The number of amides is 3. The summed E-state index contributed by atoms with van der Waals surface area (Å²) in [6.45, 7) is -0.161. The van der Waals surface area contributed by atoms with Crippen LogP contribution < -0.4 is 5.32 Å². The van der Waals surface area contributed by atoms with Crippen molar-refractivity contribution >= 4 is 85.5 Å². The second-order valence-electron chi connectivity index (χ2n) is 3.88. The molecule has 0 aliphatic carbocycles. The molecule has 1 heterocycles. The van der Waals surface area contributed by atoms with Gasteiger partial charge in [0.15, 0.2) is 0 Å². The van der Waals surface area contributed by atoms with E-state index in [-0.39, 0.29) is 19.0 Å². The number of imide groups is 1. The van der Waals surface area contributed by atoms with E-state index in [2.05, 4.69) is 73.1 Å². The van der Waals surface area contributed by atoms with E-state index >= 15 is 0 Å². The number of nitrogens with one attached hydrogen (secondary N) is 1. The molecule has 1 aliphatic heterocycles. The highest BCUT2D eigenvalue weighted by Crippen LogP contribution is 2.24. The molecule has 0 spiro atoms. The zero-order valence-electron chi connectivity index (χ0n) is 9.37. The van der Waals surface area contributed by atoms with Gasteiger partial charge in [-0.2, -0.15) is 0 Å². The Balaban J connectivity index is 2.34. The molecule has 0 unspecified atom stereocenters. The van der Waals surface area contributed by atoms with Gasteiger partial charge in [-0.25, -0.2) is 0 Å². The molecular formula is C11H7I3N2O3. The van der Waals surface area contributed by atoms with E-state index in [1.54, 1.807) is 6.07 Å². The first-order chi connectivity index (χ1) is 8.88. The molecule has 1 aromatic rings. The molecule has 1 saturated heterocycles. The fraction of sp³-hybridized carbons (Fsp3) is 0.182. The summed E-state index contributed by atoms with van der Waals surface area (Å²) in [5.41, 5.74) is 0.527. The molecule has 0 aromatic heterocycles. The molecule has 1 aliphatic rings. The van der Waals surface area contributed by atoms with Crippen molar-refractivity contribution < 1.29 is 14.4 Å². The zero-order chi connectivity index (χ0) is 14.2. The van der Waals surface area contributed by atoms with Crippen LogP contribution >= 0.6 is 67.8 Å². The number of benzene rings is 1. The van der Waals surface area contributed by atoms with Gasteiger partial charge in [0, 0.05) is 10.7 Å². The Morgan fingerprint density at radius 1 is 1.11 bits per heavy atom. The predicted molar refractivity (Wildman–Crippen MR) is 93.6 cm³/mol. The standard InChI is InChI=1S/C11H7I3N2O3/c12-5-1-6(10(14)7(13)2-5)11(19)16-3-8(17)15-9(18)4-16/h1-2H,3-4H2,(H,15,17,18). The summed E-state index contributed by atoms with van der Waals surface area (Å²) in [6, 6.07) is 3.73. The van der Waals surface area contributed by atoms with Crippen LogP contribution in [-0.2, 0) is 9.59 Å². The van der Waals surface area contributed by atoms with Crippen LogP contribution in [0.1, 0.15) is 10.4 Å². The molecule has 5 nitrogen and oxygen atoms in total. The summed E-state index contributed by atoms with van der Waals surface area (Å²) < 4.78 is 2.75. The summed E-state index contributed by atoms with van der Waals surface area (Å²) in [5.74, 6) is -1.18. The lowest BCUT2D eigenvalue weighted by atomic mass is 10.2. The van der Waals surface area contributed by atoms with E-state index < -0.39 is 11.8 Å². The number of carbonyl (C=O) groups is 3. The van der Waals surface area contributed by atoms with Crippen LogP contribution in [0.3, 0.4) is 0 Å². The van der Waals surface area contributed by atoms with Crippen molar-refractivity contribution in [2.45, 2.75) is 0 Å². The van der Waals surface area contributed by atoms with Crippen molar-refractivity contribution in [2.75, 3.05) is 13.1 Å². The molecule has 0 saturated carbocycles. The van der Waals surface area contributed by atoms with Gasteiger partial charge >= 0.3 is 0 Å². The van der Waals surface area contributed by atoms with Crippen LogP contribution in [-0.4, -0.2) is 35.7 Å². The Hall–Kier alpha value is 0.0200. The topological polar surface area (TPSA) is 66.5 Å². The Morgan fingerprint density at radius 3 is 2.26 bits per heavy atom. The molecule has 3 amide bonds. The monoisotopic (exact) mass is 596 g/mol. The van der Waals surface area contributed by atoms with E-state index in [0.717, 1.165) is 10.7 Å². The first kappa shape index (κ1) is 15.4. The minimum atomic E-state index is -0.445. The van der Waals surface area contributed by atoms with Crippen molar-refractivity contribution in [1.29, 1.82) is 0 Å².